The highest BCUT2D eigenvalue weighted by molar-refractivity contribution is 7.98. The minimum Gasteiger partial charge on any atom is -0.391 e. The molecule has 1 atom stereocenters. The molecule has 0 aromatic heterocycles. The van der Waals surface area contributed by atoms with Crippen LogP contribution in [-0.4, -0.2) is 66.0 Å². The van der Waals surface area contributed by atoms with Crippen LogP contribution in [0.15, 0.2) is 78.9 Å². The summed E-state index contributed by atoms with van der Waals surface area (Å²) in [5.41, 5.74) is 3.42. The molecule has 1 N–H and O–H groups in total. The van der Waals surface area contributed by atoms with Crippen molar-refractivity contribution in [3.63, 3.8) is 0 Å². The van der Waals surface area contributed by atoms with Crippen molar-refractivity contribution in [3.05, 3.63) is 107 Å². The van der Waals surface area contributed by atoms with Gasteiger partial charge in [-0.3, -0.25) is 4.90 Å². The Kier molecular flexibility index (Phi) is 14.7. The summed E-state index contributed by atoms with van der Waals surface area (Å²) in [6.45, 7) is 5.68. The van der Waals surface area contributed by atoms with Crippen LogP contribution >= 0.6 is 36.6 Å². The third kappa shape index (κ3) is 10.5. The lowest BCUT2D eigenvalue weighted by molar-refractivity contribution is 0.0819. The van der Waals surface area contributed by atoms with Gasteiger partial charge in [0.05, 0.1) is 6.10 Å². The van der Waals surface area contributed by atoms with Crippen LogP contribution in [0.4, 0.5) is 8.78 Å². The molecular formula is C30H38Cl2F2N2OS. The molecule has 0 spiro atoms. The number of β-amino-alcohol motifs (C(OH)–C–C–N with tert-alkyl or cyclic N) is 1. The summed E-state index contributed by atoms with van der Waals surface area (Å²) in [7, 11) is 0. The summed E-state index contributed by atoms with van der Waals surface area (Å²) in [4.78, 5) is 4.85. The van der Waals surface area contributed by atoms with E-state index in [1.54, 1.807) is 11.8 Å². The van der Waals surface area contributed by atoms with Gasteiger partial charge in [0.25, 0.3) is 0 Å². The van der Waals surface area contributed by atoms with Gasteiger partial charge in [-0.15, -0.1) is 24.8 Å². The van der Waals surface area contributed by atoms with E-state index in [4.69, 9.17) is 0 Å². The Morgan fingerprint density at radius 3 is 1.82 bits per heavy atom. The fourth-order valence-electron chi connectivity index (χ4n) is 4.87. The third-order valence-electron chi connectivity index (χ3n) is 6.87. The second kappa shape index (κ2) is 17.1. The molecule has 1 unspecified atom stereocenters. The summed E-state index contributed by atoms with van der Waals surface area (Å²) in [6, 6.07) is 23.7. The van der Waals surface area contributed by atoms with Crippen molar-refractivity contribution in [1.29, 1.82) is 0 Å². The maximum absolute atomic E-state index is 13.5. The van der Waals surface area contributed by atoms with Crippen molar-refractivity contribution < 1.29 is 13.9 Å². The topological polar surface area (TPSA) is 26.7 Å². The second-order valence-electron chi connectivity index (χ2n) is 9.59. The summed E-state index contributed by atoms with van der Waals surface area (Å²) in [5.74, 6) is 1.32. The molecule has 3 aromatic rings. The van der Waals surface area contributed by atoms with E-state index in [1.807, 2.05) is 30.3 Å². The van der Waals surface area contributed by atoms with Gasteiger partial charge in [0, 0.05) is 50.1 Å². The number of rotatable bonds is 12. The first kappa shape index (κ1) is 32.5. The SMILES string of the molecule is Cl.Cl.OC(CSCc1ccccc1)CN1CCN(CCCC(c2ccc(F)cc2)c2ccc(F)cc2)CC1. The predicted molar refractivity (Wildman–Crippen MR) is 160 cm³/mol. The van der Waals surface area contributed by atoms with Gasteiger partial charge in [-0.1, -0.05) is 54.6 Å². The summed E-state index contributed by atoms with van der Waals surface area (Å²) < 4.78 is 26.9. The van der Waals surface area contributed by atoms with Crippen molar-refractivity contribution >= 4 is 36.6 Å². The van der Waals surface area contributed by atoms with Crippen LogP contribution in [0.2, 0.25) is 0 Å². The first-order valence-corrected chi connectivity index (χ1v) is 14.0. The van der Waals surface area contributed by atoms with Gasteiger partial charge < -0.3 is 10.0 Å². The minimum atomic E-state index is -0.308. The van der Waals surface area contributed by atoms with E-state index in [1.165, 1.54) is 29.8 Å². The number of aliphatic hydroxyl groups excluding tert-OH is 1. The number of halogens is 4. The van der Waals surface area contributed by atoms with Gasteiger partial charge >= 0.3 is 0 Å². The highest BCUT2D eigenvalue weighted by Gasteiger charge is 2.20. The molecule has 3 aromatic carbocycles. The molecule has 1 aliphatic rings. The van der Waals surface area contributed by atoms with Crippen LogP contribution < -0.4 is 0 Å². The Morgan fingerprint density at radius 2 is 1.26 bits per heavy atom. The predicted octanol–water partition coefficient (Wildman–Crippen LogP) is 6.63. The lowest BCUT2D eigenvalue weighted by Crippen LogP contribution is -2.49. The van der Waals surface area contributed by atoms with Gasteiger partial charge in [0.2, 0.25) is 0 Å². The standard InChI is InChI=1S/C30H36F2N2OS.2ClH/c31-27-12-8-25(9-13-27)30(26-10-14-28(32)15-11-26)7-4-16-33-17-19-34(20-18-33)21-29(35)23-36-22-24-5-2-1-3-6-24;;/h1-3,5-6,8-15,29-30,35H,4,7,16-23H2;2*1H. The monoisotopic (exact) mass is 582 g/mol. The van der Waals surface area contributed by atoms with Crippen LogP contribution in [0.5, 0.6) is 0 Å². The van der Waals surface area contributed by atoms with Crippen LogP contribution in [0.3, 0.4) is 0 Å². The van der Waals surface area contributed by atoms with Gasteiger partial charge in [-0.2, -0.15) is 11.8 Å². The van der Waals surface area contributed by atoms with Crippen molar-refractivity contribution in [1.82, 2.24) is 9.80 Å². The quantitative estimate of drug-likeness (QED) is 0.259. The van der Waals surface area contributed by atoms with Crippen molar-refractivity contribution in [2.45, 2.75) is 30.6 Å². The molecule has 0 amide bonds. The summed E-state index contributed by atoms with van der Waals surface area (Å²) >= 11 is 1.79. The number of piperazine rings is 1. The van der Waals surface area contributed by atoms with E-state index in [9.17, 15) is 13.9 Å². The first-order valence-electron chi connectivity index (χ1n) is 12.8. The molecule has 3 nitrogen and oxygen atoms in total. The van der Waals surface area contributed by atoms with Crippen molar-refractivity contribution in [2.24, 2.45) is 0 Å². The molecule has 1 aliphatic heterocycles. The summed E-state index contributed by atoms with van der Waals surface area (Å²) in [6.07, 6.45) is 1.63. The molecule has 0 bridgehead atoms. The zero-order chi connectivity index (χ0) is 25.2. The summed E-state index contributed by atoms with van der Waals surface area (Å²) in [5, 5.41) is 10.5. The fourth-order valence-corrected chi connectivity index (χ4v) is 5.79. The number of benzene rings is 3. The lowest BCUT2D eigenvalue weighted by atomic mass is 9.87. The van der Waals surface area contributed by atoms with E-state index in [-0.39, 0.29) is 48.5 Å². The molecule has 38 heavy (non-hydrogen) atoms. The van der Waals surface area contributed by atoms with Gasteiger partial charge in [0.1, 0.15) is 11.6 Å². The number of hydrogen-bond donors (Lipinski definition) is 1. The minimum absolute atomic E-state index is 0. The Hall–Kier alpha value is -1.67. The molecule has 0 saturated carbocycles. The normalized spacial score (nSPS) is 15.1. The van der Waals surface area contributed by atoms with E-state index >= 15 is 0 Å². The molecule has 1 saturated heterocycles. The molecule has 1 fully saturated rings. The molecular weight excluding hydrogens is 545 g/mol. The third-order valence-corrected chi connectivity index (χ3v) is 8.03. The molecule has 208 valence electrons. The van der Waals surface area contributed by atoms with Crippen LogP contribution in [0, 0.1) is 11.6 Å². The average Bonchev–Trinajstić information content (AvgIpc) is 2.90. The Balaban J connectivity index is 0.00000253. The molecule has 0 aliphatic carbocycles. The Labute approximate surface area is 242 Å². The highest BCUT2D eigenvalue weighted by Crippen LogP contribution is 2.30. The van der Waals surface area contributed by atoms with E-state index in [2.05, 4.69) is 34.1 Å². The smallest absolute Gasteiger partial charge is 0.123 e. The van der Waals surface area contributed by atoms with E-state index in [0.717, 1.165) is 74.7 Å². The maximum atomic E-state index is 13.5. The van der Waals surface area contributed by atoms with Gasteiger partial charge in [-0.25, -0.2) is 8.78 Å². The fraction of sp³-hybridized carbons (Fsp3) is 0.400. The zero-order valence-electron chi connectivity index (χ0n) is 21.6. The van der Waals surface area contributed by atoms with E-state index < -0.39 is 0 Å². The molecule has 0 radical (unpaired) electrons. The Bertz CT molecular complexity index is 991. The first-order chi connectivity index (χ1) is 17.6. The molecule has 4 rings (SSSR count). The van der Waals surface area contributed by atoms with Crippen LogP contribution in [-0.2, 0) is 5.75 Å². The van der Waals surface area contributed by atoms with E-state index in [0.29, 0.717) is 0 Å². The van der Waals surface area contributed by atoms with Crippen LogP contribution in [0.1, 0.15) is 35.4 Å². The largest absolute Gasteiger partial charge is 0.391 e. The van der Waals surface area contributed by atoms with Crippen molar-refractivity contribution in [3.8, 4) is 0 Å². The van der Waals surface area contributed by atoms with Gasteiger partial charge in [0.15, 0.2) is 0 Å². The molecule has 1 heterocycles. The number of thioether (sulfide) groups is 1. The maximum Gasteiger partial charge on any atom is 0.123 e. The zero-order valence-corrected chi connectivity index (χ0v) is 24.0. The second-order valence-corrected chi connectivity index (χ2v) is 10.6. The van der Waals surface area contributed by atoms with Gasteiger partial charge in [-0.05, 0) is 60.3 Å². The average molecular weight is 584 g/mol. The van der Waals surface area contributed by atoms with Crippen LogP contribution in [0.25, 0.3) is 0 Å². The highest BCUT2D eigenvalue weighted by atomic mass is 35.5. The number of nitrogens with zero attached hydrogens (tertiary/aromatic N) is 2. The number of hydrogen-bond acceptors (Lipinski definition) is 4. The lowest BCUT2D eigenvalue weighted by Gasteiger charge is -2.35. The number of aliphatic hydroxyl groups is 1. The van der Waals surface area contributed by atoms with Crippen molar-refractivity contribution in [2.75, 3.05) is 45.0 Å². The Morgan fingerprint density at radius 1 is 0.737 bits per heavy atom. The molecule has 8 heteroatoms.